The monoisotopic (exact) mass is 527 g/mol. The van der Waals surface area contributed by atoms with Crippen molar-refractivity contribution in [2.24, 2.45) is 0 Å². The summed E-state index contributed by atoms with van der Waals surface area (Å²) in [6.45, 7) is 1.78. The Kier molecular flexibility index (Phi) is 6.28. The Balaban J connectivity index is 1.44. The summed E-state index contributed by atoms with van der Waals surface area (Å²) < 4.78 is 48.2. The standard InChI is InChI=1S/C27H25ClF3N5O/c28-19-8-2-6-16-5-1-7-17(21(16)19)23-22(31)24-18(13-32-23)25(33-14-20(29)30)35-26(34-24)37-15-27-9-3-11-36(27)12-4-10-27/h1-2,5-8,13,20H,3-4,9-12,14-15H2,(H,33,34,35). The first kappa shape index (κ1) is 24.2. The Hall–Kier alpha value is -3.17. The Labute approximate surface area is 216 Å². The summed E-state index contributed by atoms with van der Waals surface area (Å²) in [6, 6.07) is 10.8. The molecule has 0 saturated carbocycles. The molecular weight excluding hydrogens is 503 g/mol. The SMILES string of the molecule is Fc1c(-c2cccc3cccc(Cl)c23)ncc2c(NCC(F)F)nc(OCC34CCCN3CCC4)nc12. The van der Waals surface area contributed by atoms with Gasteiger partial charge in [0, 0.05) is 22.2 Å². The summed E-state index contributed by atoms with van der Waals surface area (Å²) in [5, 5.41) is 4.78. The maximum atomic E-state index is 16.1. The van der Waals surface area contributed by atoms with Crippen LogP contribution in [0.5, 0.6) is 6.01 Å². The van der Waals surface area contributed by atoms with Crippen LogP contribution in [-0.4, -0.2) is 58.1 Å². The molecule has 6 nitrogen and oxygen atoms in total. The predicted molar refractivity (Wildman–Crippen MR) is 138 cm³/mol. The van der Waals surface area contributed by atoms with Crippen LogP contribution in [-0.2, 0) is 0 Å². The molecule has 4 heterocycles. The number of anilines is 1. The van der Waals surface area contributed by atoms with Crippen LogP contribution in [0.3, 0.4) is 0 Å². The van der Waals surface area contributed by atoms with E-state index in [2.05, 4.69) is 25.2 Å². The topological polar surface area (TPSA) is 63.2 Å². The predicted octanol–water partition coefficient (Wildman–Crippen LogP) is 6.32. The number of hydrogen-bond donors (Lipinski definition) is 1. The molecule has 0 spiro atoms. The molecule has 0 atom stereocenters. The van der Waals surface area contributed by atoms with Crippen LogP contribution in [0.4, 0.5) is 19.0 Å². The van der Waals surface area contributed by atoms with Gasteiger partial charge in [-0.05, 0) is 50.2 Å². The van der Waals surface area contributed by atoms with Crippen LogP contribution in [0.15, 0.2) is 42.6 Å². The Morgan fingerprint density at radius 3 is 2.59 bits per heavy atom. The molecule has 6 rings (SSSR count). The number of nitrogens with one attached hydrogen (secondary N) is 1. The lowest BCUT2D eigenvalue weighted by Crippen LogP contribution is -2.43. The minimum Gasteiger partial charge on any atom is -0.461 e. The highest BCUT2D eigenvalue weighted by Gasteiger charge is 2.45. The van der Waals surface area contributed by atoms with Gasteiger partial charge in [0.2, 0.25) is 0 Å². The number of halogens is 4. The fourth-order valence-corrected chi connectivity index (χ4v) is 6.03. The number of pyridine rings is 1. The van der Waals surface area contributed by atoms with Crippen LogP contribution in [0.1, 0.15) is 25.7 Å². The zero-order valence-corrected chi connectivity index (χ0v) is 20.7. The second kappa shape index (κ2) is 9.61. The summed E-state index contributed by atoms with van der Waals surface area (Å²) in [5.41, 5.74) is 0.448. The number of ether oxygens (including phenoxy) is 1. The molecule has 2 aliphatic heterocycles. The Bertz CT molecular complexity index is 1470. The van der Waals surface area contributed by atoms with Gasteiger partial charge >= 0.3 is 6.01 Å². The molecule has 2 aromatic carbocycles. The van der Waals surface area contributed by atoms with Crippen LogP contribution in [0, 0.1) is 5.82 Å². The third-order valence-corrected chi connectivity index (χ3v) is 7.79. The second-order valence-corrected chi connectivity index (χ2v) is 10.1. The van der Waals surface area contributed by atoms with E-state index in [0.29, 0.717) is 22.6 Å². The van der Waals surface area contributed by atoms with Gasteiger partial charge in [-0.2, -0.15) is 9.97 Å². The smallest absolute Gasteiger partial charge is 0.319 e. The first-order chi connectivity index (χ1) is 17.9. The third kappa shape index (κ3) is 4.34. The molecule has 1 N–H and O–H groups in total. The van der Waals surface area contributed by atoms with Gasteiger partial charge in [-0.15, -0.1) is 0 Å². The van der Waals surface area contributed by atoms with E-state index in [1.54, 1.807) is 18.2 Å². The minimum absolute atomic E-state index is 0.0515. The molecule has 2 saturated heterocycles. The van der Waals surface area contributed by atoms with E-state index in [-0.39, 0.29) is 34.0 Å². The van der Waals surface area contributed by atoms with E-state index in [4.69, 9.17) is 16.3 Å². The van der Waals surface area contributed by atoms with Crippen molar-refractivity contribution in [3.63, 3.8) is 0 Å². The number of rotatable bonds is 7. The van der Waals surface area contributed by atoms with E-state index in [1.807, 2.05) is 18.2 Å². The highest BCUT2D eigenvalue weighted by molar-refractivity contribution is 6.36. The van der Waals surface area contributed by atoms with Crippen molar-refractivity contribution < 1.29 is 17.9 Å². The van der Waals surface area contributed by atoms with Gasteiger partial charge in [-0.1, -0.05) is 41.9 Å². The first-order valence-electron chi connectivity index (χ1n) is 12.4. The average Bonchev–Trinajstić information content (AvgIpc) is 3.47. The van der Waals surface area contributed by atoms with Crippen molar-refractivity contribution in [1.29, 1.82) is 0 Å². The van der Waals surface area contributed by atoms with E-state index >= 15 is 4.39 Å². The molecule has 192 valence electrons. The number of aromatic nitrogens is 3. The molecule has 37 heavy (non-hydrogen) atoms. The fraction of sp³-hybridized carbons (Fsp3) is 0.370. The Morgan fingerprint density at radius 2 is 1.84 bits per heavy atom. The largest absolute Gasteiger partial charge is 0.461 e. The lowest BCUT2D eigenvalue weighted by atomic mass is 9.95. The zero-order chi connectivity index (χ0) is 25.6. The van der Waals surface area contributed by atoms with Gasteiger partial charge < -0.3 is 10.1 Å². The van der Waals surface area contributed by atoms with Crippen molar-refractivity contribution in [2.45, 2.75) is 37.6 Å². The number of fused-ring (bicyclic) bond motifs is 3. The highest BCUT2D eigenvalue weighted by Crippen LogP contribution is 2.40. The quantitative estimate of drug-likeness (QED) is 0.303. The summed E-state index contributed by atoms with van der Waals surface area (Å²) in [7, 11) is 0. The third-order valence-electron chi connectivity index (χ3n) is 7.48. The van der Waals surface area contributed by atoms with Gasteiger partial charge in [-0.25, -0.2) is 13.2 Å². The molecule has 2 aliphatic rings. The van der Waals surface area contributed by atoms with Gasteiger partial charge in [0.15, 0.2) is 5.82 Å². The van der Waals surface area contributed by atoms with Gasteiger partial charge in [0.25, 0.3) is 6.43 Å². The molecule has 0 aliphatic carbocycles. The normalized spacial score (nSPS) is 17.1. The van der Waals surface area contributed by atoms with E-state index in [9.17, 15) is 8.78 Å². The molecular formula is C27H25ClF3N5O. The van der Waals surface area contributed by atoms with E-state index in [0.717, 1.165) is 44.2 Å². The molecule has 0 radical (unpaired) electrons. The van der Waals surface area contributed by atoms with Crippen molar-refractivity contribution >= 4 is 39.1 Å². The molecule has 4 aromatic rings. The Morgan fingerprint density at radius 1 is 1.08 bits per heavy atom. The number of nitrogens with zero attached hydrogens (tertiary/aromatic N) is 4. The van der Waals surface area contributed by atoms with Crippen molar-refractivity contribution in [3.8, 4) is 17.3 Å². The van der Waals surface area contributed by atoms with E-state index < -0.39 is 18.8 Å². The summed E-state index contributed by atoms with van der Waals surface area (Å²) in [5.74, 6) is -0.639. The van der Waals surface area contributed by atoms with Gasteiger partial charge in [-0.3, -0.25) is 9.88 Å². The van der Waals surface area contributed by atoms with Crippen molar-refractivity contribution in [1.82, 2.24) is 19.9 Å². The van der Waals surface area contributed by atoms with Gasteiger partial charge in [0.05, 0.1) is 17.5 Å². The second-order valence-electron chi connectivity index (χ2n) is 9.66. The number of benzene rings is 2. The maximum Gasteiger partial charge on any atom is 0.319 e. The lowest BCUT2D eigenvalue weighted by molar-refractivity contribution is 0.108. The van der Waals surface area contributed by atoms with E-state index in [1.165, 1.54) is 6.20 Å². The number of alkyl halides is 2. The van der Waals surface area contributed by atoms with Crippen LogP contribution >= 0.6 is 11.6 Å². The molecule has 2 aromatic heterocycles. The van der Waals surface area contributed by atoms with Crippen LogP contribution in [0.25, 0.3) is 32.9 Å². The van der Waals surface area contributed by atoms with Crippen LogP contribution in [0.2, 0.25) is 5.02 Å². The summed E-state index contributed by atoms with van der Waals surface area (Å²) >= 11 is 6.47. The van der Waals surface area contributed by atoms with Crippen molar-refractivity contribution in [2.75, 3.05) is 31.6 Å². The molecule has 0 amide bonds. The highest BCUT2D eigenvalue weighted by atomic mass is 35.5. The van der Waals surface area contributed by atoms with Gasteiger partial charge in [0.1, 0.15) is 23.6 Å². The summed E-state index contributed by atoms with van der Waals surface area (Å²) in [4.78, 5) is 15.5. The molecule has 10 heteroatoms. The first-order valence-corrected chi connectivity index (χ1v) is 12.8. The van der Waals surface area contributed by atoms with Crippen LogP contribution < -0.4 is 10.1 Å². The molecule has 0 unspecified atom stereocenters. The van der Waals surface area contributed by atoms with Crippen molar-refractivity contribution in [3.05, 3.63) is 53.4 Å². The zero-order valence-electron chi connectivity index (χ0n) is 20.0. The minimum atomic E-state index is -2.62. The molecule has 0 bridgehead atoms. The maximum absolute atomic E-state index is 16.1. The molecule has 2 fully saturated rings. The lowest BCUT2D eigenvalue weighted by Gasteiger charge is -2.31. The fourth-order valence-electron chi connectivity index (χ4n) is 5.75. The summed E-state index contributed by atoms with van der Waals surface area (Å²) in [6.07, 6.45) is 3.01. The average molecular weight is 528 g/mol. The number of hydrogen-bond acceptors (Lipinski definition) is 6.